The fourth-order valence-corrected chi connectivity index (χ4v) is 1.24. The van der Waals surface area contributed by atoms with Crippen molar-refractivity contribution in [3.8, 4) is 0 Å². The Kier molecular flexibility index (Phi) is 12.7. The highest BCUT2D eigenvalue weighted by Gasteiger charge is 1.93. The fraction of sp³-hybridized carbons (Fsp3) is 0.467. The zero-order chi connectivity index (χ0) is 13.0. The van der Waals surface area contributed by atoms with Crippen LogP contribution < -0.4 is 0 Å². The summed E-state index contributed by atoms with van der Waals surface area (Å²) in [5.41, 5.74) is 2.55. The molecule has 2 aromatic rings. The van der Waals surface area contributed by atoms with Crippen molar-refractivity contribution in [2.75, 3.05) is 0 Å². The lowest BCUT2D eigenvalue weighted by atomic mass is 10.1. The molecule has 0 saturated heterocycles. The van der Waals surface area contributed by atoms with Crippen LogP contribution in [0.3, 0.4) is 0 Å². The number of aryl methyl sites for hydroxylation is 1. The highest BCUT2D eigenvalue weighted by Crippen LogP contribution is 2.15. The van der Waals surface area contributed by atoms with E-state index < -0.39 is 0 Å². The van der Waals surface area contributed by atoms with Gasteiger partial charge in [0.15, 0.2) is 0 Å². The molecule has 1 aromatic heterocycles. The maximum atomic E-state index is 3.16. The molecule has 0 unspecified atom stereocenters. The normalized spacial score (nSPS) is 7.69. The zero-order valence-corrected chi connectivity index (χ0v) is 11.9. The summed E-state index contributed by atoms with van der Waals surface area (Å²) in [7, 11) is 0. The molecule has 16 heavy (non-hydrogen) atoms. The molecular weight excluding hydrogens is 194 g/mol. The van der Waals surface area contributed by atoms with Crippen LogP contribution in [0.1, 0.15) is 47.1 Å². The number of hydrogen-bond acceptors (Lipinski definition) is 0. The van der Waals surface area contributed by atoms with E-state index in [1.807, 2.05) is 47.7 Å². The van der Waals surface area contributed by atoms with Crippen molar-refractivity contribution < 1.29 is 0 Å². The third kappa shape index (κ3) is 5.01. The van der Waals surface area contributed by atoms with Gasteiger partial charge in [-0.2, -0.15) is 0 Å². The van der Waals surface area contributed by atoms with Crippen LogP contribution >= 0.6 is 0 Å². The Balaban J connectivity index is 0. The Hall–Kier alpha value is -1.24. The predicted octanol–water partition coefficient (Wildman–Crippen LogP) is 5.55. The van der Waals surface area contributed by atoms with E-state index in [1.165, 1.54) is 16.5 Å². The molecule has 0 aliphatic heterocycles. The van der Waals surface area contributed by atoms with Gasteiger partial charge in [-0.3, -0.25) is 0 Å². The molecule has 0 spiro atoms. The summed E-state index contributed by atoms with van der Waals surface area (Å²) in [6.07, 6.45) is 1.97. The maximum Gasteiger partial charge on any atom is 0.0456 e. The number of aromatic amines is 1. The lowest BCUT2D eigenvalue weighted by Gasteiger charge is -1.92. The van der Waals surface area contributed by atoms with E-state index >= 15 is 0 Å². The van der Waals surface area contributed by atoms with Crippen molar-refractivity contribution in [3.05, 3.63) is 36.0 Å². The summed E-state index contributed by atoms with van der Waals surface area (Å²) >= 11 is 0. The number of rotatable bonds is 0. The minimum atomic E-state index is 1.22. The van der Waals surface area contributed by atoms with Gasteiger partial charge in [0, 0.05) is 17.1 Å². The average Bonchev–Trinajstić information content (AvgIpc) is 2.87. The standard InChI is InChI=1S/C9H9N.3C2H6/c1-7-3-2-4-9-8(7)5-6-10-9;3*1-2/h2-6,10H,1H3;3*1-2H3. The van der Waals surface area contributed by atoms with Gasteiger partial charge in [0.1, 0.15) is 0 Å². The minimum Gasteiger partial charge on any atom is -0.361 e. The van der Waals surface area contributed by atoms with Gasteiger partial charge in [0.05, 0.1) is 0 Å². The van der Waals surface area contributed by atoms with E-state index in [4.69, 9.17) is 0 Å². The third-order valence-corrected chi connectivity index (χ3v) is 1.81. The van der Waals surface area contributed by atoms with Gasteiger partial charge in [0.2, 0.25) is 0 Å². The van der Waals surface area contributed by atoms with E-state index in [0.29, 0.717) is 0 Å². The van der Waals surface area contributed by atoms with E-state index in [1.54, 1.807) is 0 Å². The maximum absolute atomic E-state index is 3.16. The van der Waals surface area contributed by atoms with Crippen molar-refractivity contribution in [2.24, 2.45) is 0 Å². The van der Waals surface area contributed by atoms with Crippen molar-refractivity contribution in [1.82, 2.24) is 4.98 Å². The third-order valence-electron chi connectivity index (χ3n) is 1.81. The first kappa shape index (κ1) is 17.2. The van der Waals surface area contributed by atoms with Crippen molar-refractivity contribution >= 4 is 10.9 Å². The number of nitrogens with one attached hydrogen (secondary N) is 1. The smallest absolute Gasteiger partial charge is 0.0456 e. The van der Waals surface area contributed by atoms with Crippen LogP contribution in [0.4, 0.5) is 0 Å². The van der Waals surface area contributed by atoms with Crippen LogP contribution in [0.2, 0.25) is 0 Å². The number of aromatic nitrogens is 1. The number of fused-ring (bicyclic) bond motifs is 1. The molecule has 0 radical (unpaired) electrons. The summed E-state index contributed by atoms with van der Waals surface area (Å²) in [6.45, 7) is 14.1. The molecule has 0 fully saturated rings. The lowest BCUT2D eigenvalue weighted by molar-refractivity contribution is 1.47. The van der Waals surface area contributed by atoms with Gasteiger partial charge >= 0.3 is 0 Å². The van der Waals surface area contributed by atoms with Crippen LogP contribution in [-0.2, 0) is 0 Å². The van der Waals surface area contributed by atoms with Crippen LogP contribution in [0.25, 0.3) is 10.9 Å². The topological polar surface area (TPSA) is 15.8 Å². The molecule has 1 aromatic carbocycles. The van der Waals surface area contributed by atoms with E-state index in [0.717, 1.165) is 0 Å². The second-order valence-corrected chi connectivity index (χ2v) is 2.51. The van der Waals surface area contributed by atoms with Crippen LogP contribution in [0.5, 0.6) is 0 Å². The first-order valence-corrected chi connectivity index (χ1v) is 6.40. The van der Waals surface area contributed by atoms with Gasteiger partial charge in [0.25, 0.3) is 0 Å². The molecule has 1 heteroatoms. The highest BCUT2D eigenvalue weighted by molar-refractivity contribution is 5.82. The van der Waals surface area contributed by atoms with Gasteiger partial charge in [-0.05, 0) is 24.6 Å². The average molecular weight is 221 g/mol. The molecule has 0 bridgehead atoms. The summed E-state index contributed by atoms with van der Waals surface area (Å²) in [5, 5.41) is 1.32. The van der Waals surface area contributed by atoms with Crippen LogP contribution in [0.15, 0.2) is 30.5 Å². The van der Waals surface area contributed by atoms with Gasteiger partial charge in [-0.1, -0.05) is 53.7 Å². The van der Waals surface area contributed by atoms with Crippen molar-refractivity contribution in [1.29, 1.82) is 0 Å². The molecule has 0 aliphatic carbocycles. The Morgan fingerprint density at radius 1 is 0.812 bits per heavy atom. The molecule has 0 aliphatic rings. The molecular formula is C15H27N. The van der Waals surface area contributed by atoms with E-state index in [9.17, 15) is 0 Å². The van der Waals surface area contributed by atoms with Crippen LogP contribution in [-0.4, -0.2) is 4.98 Å². The van der Waals surface area contributed by atoms with Crippen LogP contribution in [0, 0.1) is 6.92 Å². The number of hydrogen-bond donors (Lipinski definition) is 1. The molecule has 0 amide bonds. The van der Waals surface area contributed by atoms with Gasteiger partial charge in [-0.15, -0.1) is 0 Å². The van der Waals surface area contributed by atoms with Crippen molar-refractivity contribution in [3.63, 3.8) is 0 Å². The summed E-state index contributed by atoms with van der Waals surface area (Å²) in [5.74, 6) is 0. The van der Waals surface area contributed by atoms with E-state index in [2.05, 4.69) is 36.2 Å². The second kappa shape index (κ2) is 11.8. The Bertz CT molecular complexity index is 347. The van der Waals surface area contributed by atoms with E-state index in [-0.39, 0.29) is 0 Å². The molecule has 2 rings (SSSR count). The lowest BCUT2D eigenvalue weighted by Crippen LogP contribution is -1.71. The summed E-state index contributed by atoms with van der Waals surface area (Å²) in [4.78, 5) is 3.16. The summed E-state index contributed by atoms with van der Waals surface area (Å²) < 4.78 is 0. The molecule has 1 N–H and O–H groups in total. The van der Waals surface area contributed by atoms with Gasteiger partial charge in [-0.25, -0.2) is 0 Å². The first-order valence-electron chi connectivity index (χ1n) is 6.40. The molecule has 0 saturated carbocycles. The molecule has 0 atom stereocenters. The fourth-order valence-electron chi connectivity index (χ4n) is 1.24. The summed E-state index contributed by atoms with van der Waals surface area (Å²) in [6, 6.07) is 8.37. The largest absolute Gasteiger partial charge is 0.361 e. The molecule has 1 nitrogen and oxygen atoms in total. The minimum absolute atomic E-state index is 1.22. The molecule has 1 heterocycles. The van der Waals surface area contributed by atoms with Gasteiger partial charge < -0.3 is 4.98 Å². The Labute approximate surface area is 101 Å². The zero-order valence-electron chi connectivity index (χ0n) is 11.9. The quantitative estimate of drug-likeness (QED) is 0.600. The molecule has 92 valence electrons. The second-order valence-electron chi connectivity index (χ2n) is 2.51. The first-order chi connectivity index (χ1) is 7.88. The number of benzene rings is 1. The SMILES string of the molecule is CC.CC.CC.Cc1cccc2[nH]ccc12. The highest BCUT2D eigenvalue weighted by atomic mass is 14.7. The van der Waals surface area contributed by atoms with Crippen molar-refractivity contribution in [2.45, 2.75) is 48.5 Å². The predicted molar refractivity (Wildman–Crippen MR) is 77.1 cm³/mol. The Morgan fingerprint density at radius 2 is 1.38 bits per heavy atom. The number of H-pyrrole nitrogens is 1. The Morgan fingerprint density at radius 3 is 1.88 bits per heavy atom. The monoisotopic (exact) mass is 221 g/mol.